The largest absolute Gasteiger partial charge is 0.353 e. The van der Waals surface area contributed by atoms with Gasteiger partial charge < -0.3 is 10.3 Å². The van der Waals surface area contributed by atoms with E-state index in [1.165, 1.54) is 24.4 Å². The fraction of sp³-hybridized carbons (Fsp3) is 0.150. The number of nitrogens with one attached hydrogen (secondary N) is 2. The standard InChI is InChI=1S/C20H15F3N4O/c1-11-20(13-7-8-24-17(23)10-13,12-5-6-14(21)15(22)9-12)27-19(25-11)16-3-2-4-18(28)26-16/h2-11H,1H3,(H,25,27)(H,26,28)/t11-,20-/m0/s1. The fourth-order valence-electron chi connectivity index (χ4n) is 3.52. The molecule has 3 aromatic rings. The van der Waals surface area contributed by atoms with Crippen molar-refractivity contribution in [1.82, 2.24) is 15.3 Å². The molecule has 1 aliphatic rings. The van der Waals surface area contributed by atoms with Gasteiger partial charge in [-0.15, -0.1) is 0 Å². The molecular formula is C20H15F3N4O. The van der Waals surface area contributed by atoms with Gasteiger partial charge in [-0.25, -0.2) is 13.8 Å². The summed E-state index contributed by atoms with van der Waals surface area (Å²) in [5, 5.41) is 3.20. The third-order valence-corrected chi connectivity index (χ3v) is 4.85. The third kappa shape index (κ3) is 2.87. The van der Waals surface area contributed by atoms with Crippen LogP contribution in [0.4, 0.5) is 13.2 Å². The maximum absolute atomic E-state index is 14.0. The molecule has 2 aromatic heterocycles. The predicted molar refractivity (Wildman–Crippen MR) is 97.5 cm³/mol. The van der Waals surface area contributed by atoms with Crippen molar-refractivity contribution in [3.8, 4) is 0 Å². The number of hydrogen-bond acceptors (Lipinski definition) is 4. The fourth-order valence-corrected chi connectivity index (χ4v) is 3.52. The van der Waals surface area contributed by atoms with E-state index in [1.54, 1.807) is 25.1 Å². The number of rotatable bonds is 3. The summed E-state index contributed by atoms with van der Waals surface area (Å²) in [5.74, 6) is -2.37. The van der Waals surface area contributed by atoms with Gasteiger partial charge in [-0.2, -0.15) is 4.39 Å². The third-order valence-electron chi connectivity index (χ3n) is 4.85. The Hall–Kier alpha value is -3.42. The van der Waals surface area contributed by atoms with Crippen molar-refractivity contribution >= 4 is 5.84 Å². The normalized spacial score (nSPS) is 21.3. The number of benzene rings is 1. The molecule has 142 valence electrons. The van der Waals surface area contributed by atoms with E-state index in [2.05, 4.69) is 20.3 Å². The molecule has 5 nitrogen and oxygen atoms in total. The first kappa shape index (κ1) is 18.0. The summed E-state index contributed by atoms with van der Waals surface area (Å²) in [6.45, 7) is 1.76. The van der Waals surface area contributed by atoms with Gasteiger partial charge in [-0.1, -0.05) is 12.1 Å². The number of aromatic amines is 1. The van der Waals surface area contributed by atoms with Crippen molar-refractivity contribution < 1.29 is 13.2 Å². The SMILES string of the molecule is C[C@@H]1N=C(c2cccc(=O)[nH]2)N[C@]1(c1ccnc(F)c1)c1ccc(F)c(F)c1. The van der Waals surface area contributed by atoms with Crippen molar-refractivity contribution in [2.75, 3.05) is 0 Å². The minimum absolute atomic E-state index is 0.310. The van der Waals surface area contributed by atoms with Crippen LogP contribution in [0, 0.1) is 17.6 Å². The van der Waals surface area contributed by atoms with Crippen LogP contribution >= 0.6 is 0 Å². The van der Waals surface area contributed by atoms with Gasteiger partial charge in [0.1, 0.15) is 11.4 Å². The van der Waals surface area contributed by atoms with E-state index < -0.39 is 29.2 Å². The quantitative estimate of drug-likeness (QED) is 0.683. The Kier molecular flexibility index (Phi) is 4.26. The Labute approximate surface area is 158 Å². The molecule has 2 N–H and O–H groups in total. The maximum atomic E-state index is 14.0. The van der Waals surface area contributed by atoms with Crippen molar-refractivity contribution in [1.29, 1.82) is 0 Å². The van der Waals surface area contributed by atoms with Gasteiger partial charge in [0.2, 0.25) is 11.5 Å². The molecule has 0 spiro atoms. The summed E-state index contributed by atoms with van der Waals surface area (Å²) >= 11 is 0. The number of H-pyrrole nitrogens is 1. The van der Waals surface area contributed by atoms with E-state index in [1.807, 2.05) is 0 Å². The van der Waals surface area contributed by atoms with Crippen LogP contribution in [0.25, 0.3) is 0 Å². The first-order chi connectivity index (χ1) is 13.4. The zero-order chi connectivity index (χ0) is 19.9. The van der Waals surface area contributed by atoms with Gasteiger partial charge >= 0.3 is 0 Å². The zero-order valence-electron chi connectivity index (χ0n) is 14.7. The van der Waals surface area contributed by atoms with Crippen LogP contribution in [0.2, 0.25) is 0 Å². The van der Waals surface area contributed by atoms with Crippen molar-refractivity contribution in [2.45, 2.75) is 18.5 Å². The second-order valence-electron chi connectivity index (χ2n) is 6.51. The Balaban J connectivity index is 1.90. The van der Waals surface area contributed by atoms with Gasteiger partial charge in [0.25, 0.3) is 0 Å². The first-order valence-electron chi connectivity index (χ1n) is 8.53. The second-order valence-corrected chi connectivity index (χ2v) is 6.51. The molecule has 0 aliphatic carbocycles. The lowest BCUT2D eigenvalue weighted by molar-refractivity contribution is 0.423. The molecule has 0 fully saturated rings. The van der Waals surface area contributed by atoms with E-state index in [0.29, 0.717) is 22.7 Å². The van der Waals surface area contributed by atoms with Crippen LogP contribution in [0.15, 0.2) is 64.5 Å². The van der Waals surface area contributed by atoms with Crippen LogP contribution in [-0.2, 0) is 5.54 Å². The Bertz CT molecular complexity index is 1140. The van der Waals surface area contributed by atoms with Gasteiger partial charge in [0.15, 0.2) is 11.6 Å². The number of pyridine rings is 2. The molecular weight excluding hydrogens is 369 g/mol. The van der Waals surface area contributed by atoms with Crippen molar-refractivity contribution in [3.63, 3.8) is 0 Å². The van der Waals surface area contributed by atoms with Gasteiger partial charge in [0, 0.05) is 12.3 Å². The van der Waals surface area contributed by atoms with Gasteiger partial charge in [-0.3, -0.25) is 9.79 Å². The summed E-state index contributed by atoms with van der Waals surface area (Å²) in [4.78, 5) is 22.5. The molecule has 0 saturated heterocycles. The Morgan fingerprint density at radius 2 is 1.79 bits per heavy atom. The Morgan fingerprint density at radius 3 is 2.50 bits per heavy atom. The van der Waals surface area contributed by atoms with E-state index in [-0.39, 0.29) is 5.56 Å². The number of aromatic nitrogens is 2. The monoisotopic (exact) mass is 384 g/mol. The number of aliphatic imine (C=N–C) groups is 1. The lowest BCUT2D eigenvalue weighted by atomic mass is 9.78. The van der Waals surface area contributed by atoms with Crippen LogP contribution in [-0.4, -0.2) is 21.8 Å². The summed E-state index contributed by atoms with van der Waals surface area (Å²) in [6.07, 6.45) is 1.29. The molecule has 0 radical (unpaired) electrons. The lowest BCUT2D eigenvalue weighted by Crippen LogP contribution is -2.48. The number of halogens is 3. The molecule has 3 heterocycles. The summed E-state index contributed by atoms with van der Waals surface area (Å²) < 4.78 is 41.4. The predicted octanol–water partition coefficient (Wildman–Crippen LogP) is 2.87. The molecule has 4 rings (SSSR count). The molecule has 1 aliphatic heterocycles. The topological polar surface area (TPSA) is 70.1 Å². The van der Waals surface area contributed by atoms with Crippen molar-refractivity contribution in [2.24, 2.45) is 4.99 Å². The average Bonchev–Trinajstić information content (AvgIpc) is 3.02. The average molecular weight is 384 g/mol. The van der Waals surface area contributed by atoms with E-state index in [4.69, 9.17) is 0 Å². The molecule has 2 atom stereocenters. The maximum Gasteiger partial charge on any atom is 0.248 e. The van der Waals surface area contributed by atoms with Crippen LogP contribution in [0.1, 0.15) is 23.7 Å². The highest BCUT2D eigenvalue weighted by Gasteiger charge is 2.46. The molecule has 0 amide bonds. The molecule has 8 heteroatoms. The molecule has 0 saturated carbocycles. The van der Waals surface area contributed by atoms with E-state index >= 15 is 0 Å². The Morgan fingerprint density at radius 1 is 1.00 bits per heavy atom. The highest BCUT2D eigenvalue weighted by molar-refractivity contribution is 5.99. The number of hydrogen-bond donors (Lipinski definition) is 2. The van der Waals surface area contributed by atoms with E-state index in [0.717, 1.165) is 12.1 Å². The molecule has 1 aromatic carbocycles. The van der Waals surface area contributed by atoms with Crippen LogP contribution in [0.5, 0.6) is 0 Å². The number of amidine groups is 1. The number of nitrogens with zero attached hydrogens (tertiary/aromatic N) is 2. The summed E-state index contributed by atoms with van der Waals surface area (Å²) in [6, 6.07) is 10.4. The molecule has 0 unspecified atom stereocenters. The summed E-state index contributed by atoms with van der Waals surface area (Å²) in [5.41, 5.74) is -0.259. The minimum Gasteiger partial charge on any atom is -0.353 e. The minimum atomic E-state index is -1.18. The first-order valence-corrected chi connectivity index (χ1v) is 8.53. The van der Waals surface area contributed by atoms with E-state index in [9.17, 15) is 18.0 Å². The molecule has 0 bridgehead atoms. The van der Waals surface area contributed by atoms with Crippen LogP contribution < -0.4 is 10.9 Å². The highest BCUT2D eigenvalue weighted by Crippen LogP contribution is 2.39. The van der Waals surface area contributed by atoms with Gasteiger partial charge in [0.05, 0.1) is 11.7 Å². The van der Waals surface area contributed by atoms with Crippen molar-refractivity contribution in [3.05, 3.63) is 99.5 Å². The van der Waals surface area contributed by atoms with Gasteiger partial charge in [-0.05, 0) is 48.4 Å². The smallest absolute Gasteiger partial charge is 0.248 e. The summed E-state index contributed by atoms with van der Waals surface area (Å²) in [7, 11) is 0. The zero-order valence-corrected chi connectivity index (χ0v) is 14.7. The lowest BCUT2D eigenvalue weighted by Gasteiger charge is -2.35. The second kappa shape index (κ2) is 6.63. The van der Waals surface area contributed by atoms with Crippen LogP contribution in [0.3, 0.4) is 0 Å². The molecule has 28 heavy (non-hydrogen) atoms. The highest BCUT2D eigenvalue weighted by atomic mass is 19.2.